The van der Waals surface area contributed by atoms with Crippen LogP contribution in [0.4, 0.5) is 19.3 Å². The minimum absolute atomic E-state index is 0.0164. The van der Waals surface area contributed by atoms with Gasteiger partial charge in [-0.05, 0) is 34.4 Å². The first kappa shape index (κ1) is 19.6. The lowest BCUT2D eigenvalue weighted by Crippen LogP contribution is -2.19. The second kappa shape index (κ2) is 7.94. The van der Waals surface area contributed by atoms with E-state index in [4.69, 9.17) is 9.84 Å². The molecule has 0 spiro atoms. The molecule has 0 radical (unpaired) electrons. The van der Waals surface area contributed by atoms with Gasteiger partial charge >= 0.3 is 12.1 Å². The molecule has 30 heavy (non-hydrogen) atoms. The number of carbonyl (C=O) groups excluding carboxylic acids is 1. The van der Waals surface area contributed by atoms with Gasteiger partial charge in [0, 0.05) is 5.92 Å². The maximum absolute atomic E-state index is 13.4. The fraction of sp³-hybridized carbons (Fsp3) is 0.130. The van der Waals surface area contributed by atoms with Crippen molar-refractivity contribution in [2.24, 2.45) is 0 Å². The van der Waals surface area contributed by atoms with Crippen LogP contribution in [-0.4, -0.2) is 23.8 Å². The highest BCUT2D eigenvalue weighted by Crippen LogP contribution is 2.44. The van der Waals surface area contributed by atoms with Crippen molar-refractivity contribution in [3.05, 3.63) is 89.0 Å². The van der Waals surface area contributed by atoms with Crippen molar-refractivity contribution in [1.29, 1.82) is 0 Å². The first-order chi connectivity index (χ1) is 14.5. The number of amides is 1. The van der Waals surface area contributed by atoms with Gasteiger partial charge in [-0.25, -0.2) is 18.4 Å². The Hall–Kier alpha value is -3.74. The second-order valence-electron chi connectivity index (χ2n) is 6.82. The molecule has 4 rings (SSSR count). The average Bonchev–Trinajstić information content (AvgIpc) is 3.05. The summed E-state index contributed by atoms with van der Waals surface area (Å²) in [5, 5.41) is 11.4. The van der Waals surface area contributed by atoms with E-state index in [9.17, 15) is 18.4 Å². The van der Waals surface area contributed by atoms with Gasteiger partial charge in [0.05, 0.1) is 16.8 Å². The van der Waals surface area contributed by atoms with Crippen LogP contribution < -0.4 is 5.32 Å². The molecular formula is C23H17F2NO4. The van der Waals surface area contributed by atoms with E-state index in [1.807, 2.05) is 48.5 Å². The van der Waals surface area contributed by atoms with Crippen LogP contribution in [0.25, 0.3) is 11.1 Å². The Kier molecular flexibility index (Phi) is 5.18. The van der Waals surface area contributed by atoms with Gasteiger partial charge in [-0.3, -0.25) is 5.32 Å². The Morgan fingerprint density at radius 1 is 0.933 bits per heavy atom. The molecule has 0 unspecified atom stereocenters. The van der Waals surface area contributed by atoms with Gasteiger partial charge in [0.15, 0.2) is 0 Å². The van der Waals surface area contributed by atoms with Crippen LogP contribution in [0.1, 0.15) is 39.4 Å². The Labute approximate surface area is 170 Å². The smallest absolute Gasteiger partial charge is 0.411 e. The molecular weight excluding hydrogens is 392 g/mol. The first-order valence-electron chi connectivity index (χ1n) is 9.23. The quantitative estimate of drug-likeness (QED) is 0.568. The monoisotopic (exact) mass is 409 g/mol. The zero-order chi connectivity index (χ0) is 21.3. The Balaban J connectivity index is 1.53. The molecule has 0 saturated heterocycles. The summed E-state index contributed by atoms with van der Waals surface area (Å²) < 4.78 is 32.1. The van der Waals surface area contributed by atoms with Crippen molar-refractivity contribution in [3.63, 3.8) is 0 Å². The molecule has 1 aliphatic rings. The molecule has 3 aromatic carbocycles. The summed E-state index contributed by atoms with van der Waals surface area (Å²) in [5.74, 6) is -1.68. The van der Waals surface area contributed by atoms with E-state index in [-0.39, 0.29) is 18.2 Å². The number of aromatic carboxylic acids is 1. The van der Waals surface area contributed by atoms with Gasteiger partial charge in [0.25, 0.3) is 6.43 Å². The van der Waals surface area contributed by atoms with E-state index < -0.39 is 29.6 Å². The fourth-order valence-electron chi connectivity index (χ4n) is 3.84. The summed E-state index contributed by atoms with van der Waals surface area (Å²) in [5.41, 5.74) is 2.56. The van der Waals surface area contributed by atoms with Crippen LogP contribution in [-0.2, 0) is 4.74 Å². The maximum Gasteiger partial charge on any atom is 0.411 e. The highest BCUT2D eigenvalue weighted by atomic mass is 19.3. The topological polar surface area (TPSA) is 75.6 Å². The molecule has 0 bridgehead atoms. The number of carbonyl (C=O) groups is 2. The van der Waals surface area contributed by atoms with Crippen LogP contribution in [0.3, 0.4) is 0 Å². The van der Waals surface area contributed by atoms with Crippen molar-refractivity contribution < 1.29 is 28.2 Å². The minimum atomic E-state index is -3.07. The number of rotatable bonds is 5. The number of carboxylic acids is 1. The number of fused-ring (bicyclic) bond motifs is 3. The van der Waals surface area contributed by atoms with Gasteiger partial charge in [0.2, 0.25) is 0 Å². The number of halogens is 2. The van der Waals surface area contributed by atoms with E-state index in [1.54, 1.807) is 0 Å². The van der Waals surface area contributed by atoms with Gasteiger partial charge in [-0.2, -0.15) is 0 Å². The Morgan fingerprint density at radius 3 is 2.10 bits per heavy atom. The van der Waals surface area contributed by atoms with Crippen molar-refractivity contribution in [3.8, 4) is 11.1 Å². The van der Waals surface area contributed by atoms with E-state index >= 15 is 0 Å². The average molecular weight is 409 g/mol. The third-order valence-electron chi connectivity index (χ3n) is 5.14. The molecule has 1 aliphatic carbocycles. The van der Waals surface area contributed by atoms with E-state index in [0.29, 0.717) is 0 Å². The van der Waals surface area contributed by atoms with Crippen molar-refractivity contribution in [2.45, 2.75) is 12.3 Å². The first-order valence-corrected chi connectivity index (χ1v) is 9.23. The number of hydrogen-bond acceptors (Lipinski definition) is 3. The lowest BCUT2D eigenvalue weighted by molar-refractivity contribution is 0.0684. The zero-order valence-corrected chi connectivity index (χ0v) is 15.6. The van der Waals surface area contributed by atoms with Crippen LogP contribution in [0.5, 0.6) is 0 Å². The summed E-state index contributed by atoms with van der Waals surface area (Å²) in [4.78, 5) is 23.5. The van der Waals surface area contributed by atoms with Crippen LogP contribution in [0.2, 0.25) is 0 Å². The third-order valence-corrected chi connectivity index (χ3v) is 5.14. The standard InChI is InChI=1S/C23H17F2NO4/c24-21(25)20-17(22(27)28)10-5-11-19(20)26-23(29)30-12-18-15-8-3-1-6-13(15)14-7-2-4-9-16(14)18/h1-11,18,21H,12H2,(H,26,29)(H,27,28). The fourth-order valence-corrected chi connectivity index (χ4v) is 3.84. The normalized spacial score (nSPS) is 12.4. The van der Waals surface area contributed by atoms with E-state index in [0.717, 1.165) is 28.3 Å². The number of carboxylic acid groups (broad SMARTS) is 1. The number of hydrogen-bond donors (Lipinski definition) is 2. The van der Waals surface area contributed by atoms with Gasteiger partial charge in [0.1, 0.15) is 6.61 Å². The third kappa shape index (κ3) is 3.50. The second-order valence-corrected chi connectivity index (χ2v) is 6.82. The Morgan fingerprint density at radius 2 is 1.53 bits per heavy atom. The largest absolute Gasteiger partial charge is 0.478 e. The summed E-state index contributed by atoms with van der Waals surface area (Å²) in [6.45, 7) is 0.0164. The number of alkyl halides is 2. The predicted octanol–water partition coefficient (Wildman–Crippen LogP) is 5.68. The summed E-state index contributed by atoms with van der Waals surface area (Å²) in [7, 11) is 0. The number of benzene rings is 3. The van der Waals surface area contributed by atoms with Crippen LogP contribution >= 0.6 is 0 Å². The molecule has 0 aliphatic heterocycles. The molecule has 0 heterocycles. The van der Waals surface area contributed by atoms with Crippen molar-refractivity contribution >= 4 is 17.7 Å². The van der Waals surface area contributed by atoms with Crippen molar-refractivity contribution in [1.82, 2.24) is 0 Å². The molecule has 0 aromatic heterocycles. The van der Waals surface area contributed by atoms with Gasteiger partial charge in [-0.15, -0.1) is 0 Å². The summed E-state index contributed by atoms with van der Waals surface area (Å²) in [6, 6.07) is 19.2. The van der Waals surface area contributed by atoms with Crippen molar-refractivity contribution in [2.75, 3.05) is 11.9 Å². The zero-order valence-electron chi connectivity index (χ0n) is 15.6. The lowest BCUT2D eigenvalue weighted by atomic mass is 9.98. The maximum atomic E-state index is 13.4. The molecule has 0 saturated carbocycles. The SMILES string of the molecule is O=C(Nc1cccc(C(=O)O)c1C(F)F)OCC1c2ccccc2-c2ccccc21. The molecule has 3 aromatic rings. The lowest BCUT2D eigenvalue weighted by Gasteiger charge is -2.16. The van der Waals surface area contributed by atoms with Crippen LogP contribution in [0.15, 0.2) is 66.7 Å². The number of nitrogens with one attached hydrogen (secondary N) is 1. The summed E-state index contributed by atoms with van der Waals surface area (Å²) >= 11 is 0. The van der Waals surface area contributed by atoms with Gasteiger partial charge in [-0.1, -0.05) is 54.6 Å². The number of ether oxygens (including phenoxy) is 1. The predicted molar refractivity (Wildman–Crippen MR) is 107 cm³/mol. The molecule has 5 nitrogen and oxygen atoms in total. The number of anilines is 1. The molecule has 7 heteroatoms. The molecule has 0 atom stereocenters. The van der Waals surface area contributed by atoms with Gasteiger partial charge < -0.3 is 9.84 Å². The molecule has 0 fully saturated rings. The van der Waals surface area contributed by atoms with E-state index in [1.165, 1.54) is 12.1 Å². The summed E-state index contributed by atoms with van der Waals surface area (Å²) in [6.07, 6.45) is -4.00. The molecule has 1 amide bonds. The Bertz CT molecular complexity index is 1080. The highest BCUT2D eigenvalue weighted by Gasteiger charge is 2.29. The molecule has 152 valence electrons. The minimum Gasteiger partial charge on any atom is -0.478 e. The van der Waals surface area contributed by atoms with E-state index in [2.05, 4.69) is 5.32 Å². The molecule has 2 N–H and O–H groups in total. The van der Waals surface area contributed by atoms with Crippen LogP contribution in [0, 0.1) is 0 Å². The highest BCUT2D eigenvalue weighted by molar-refractivity contribution is 5.94.